The number of nitrogens with one attached hydrogen (secondary N) is 1. The van der Waals surface area contributed by atoms with Gasteiger partial charge in [-0.05, 0) is 27.2 Å². The first-order valence-corrected chi connectivity index (χ1v) is 6.17. The Hall–Kier alpha value is -1.10. The lowest BCUT2D eigenvalue weighted by Gasteiger charge is -2.32. The van der Waals surface area contributed by atoms with Crippen LogP contribution in [0.3, 0.4) is 0 Å². The summed E-state index contributed by atoms with van der Waals surface area (Å²) in [6, 6.07) is 0.0436. The molecule has 1 heterocycles. The Morgan fingerprint density at radius 1 is 1.53 bits per heavy atom. The molecule has 0 aliphatic carbocycles. The number of rotatable bonds is 4. The number of aliphatic hydroxyl groups excluding tert-OH is 1. The van der Waals surface area contributed by atoms with E-state index in [1.165, 1.54) is 0 Å². The molecule has 0 aromatic carbocycles. The van der Waals surface area contributed by atoms with Crippen LogP contribution >= 0.6 is 0 Å². The molecule has 1 aliphatic heterocycles. The second-order valence-electron chi connectivity index (χ2n) is 4.97. The minimum atomic E-state index is -0.543. The van der Waals surface area contributed by atoms with Gasteiger partial charge in [-0.2, -0.15) is 0 Å². The van der Waals surface area contributed by atoms with E-state index >= 15 is 0 Å². The number of aliphatic hydroxyl groups is 1. The highest BCUT2D eigenvalue weighted by atomic mass is 16.3. The molecule has 0 saturated carbocycles. The maximum atomic E-state index is 12.3. The lowest BCUT2D eigenvalue weighted by Crippen LogP contribution is -2.47. The number of hydrogen-bond donors (Lipinski definition) is 2. The van der Waals surface area contributed by atoms with Gasteiger partial charge in [0.25, 0.3) is 0 Å². The van der Waals surface area contributed by atoms with Gasteiger partial charge >= 0.3 is 0 Å². The number of carbonyl (C=O) groups is 2. The minimum Gasteiger partial charge on any atom is -0.392 e. The summed E-state index contributed by atoms with van der Waals surface area (Å²) in [5.41, 5.74) is 0. The number of hydrogen-bond acceptors (Lipinski definition) is 3. The van der Waals surface area contributed by atoms with Crippen LogP contribution in [0.5, 0.6) is 0 Å². The molecule has 1 fully saturated rings. The minimum absolute atomic E-state index is 0.0178. The van der Waals surface area contributed by atoms with Crippen molar-refractivity contribution in [3.63, 3.8) is 0 Å². The lowest BCUT2D eigenvalue weighted by molar-refractivity contribution is -0.142. The summed E-state index contributed by atoms with van der Waals surface area (Å²) in [7, 11) is 0. The molecule has 17 heavy (non-hydrogen) atoms. The van der Waals surface area contributed by atoms with Gasteiger partial charge in [-0.15, -0.1) is 0 Å². The highest BCUT2D eigenvalue weighted by Gasteiger charge is 2.30. The summed E-state index contributed by atoms with van der Waals surface area (Å²) in [5.74, 6) is -0.309. The van der Waals surface area contributed by atoms with Crippen LogP contribution in [0.4, 0.5) is 0 Å². The van der Waals surface area contributed by atoms with Crippen molar-refractivity contribution >= 4 is 11.8 Å². The molecular formula is C12H22N2O3. The van der Waals surface area contributed by atoms with E-state index in [4.69, 9.17) is 0 Å². The zero-order valence-corrected chi connectivity index (χ0v) is 10.8. The molecule has 1 aliphatic rings. The molecular weight excluding hydrogens is 220 g/mol. The summed E-state index contributed by atoms with van der Waals surface area (Å²) in [4.78, 5) is 25.2. The Bertz CT molecular complexity index is 289. The van der Waals surface area contributed by atoms with Gasteiger partial charge in [0.1, 0.15) is 0 Å². The number of carbonyl (C=O) groups excluding carboxylic acids is 2. The van der Waals surface area contributed by atoms with Gasteiger partial charge in [0.05, 0.1) is 6.10 Å². The Morgan fingerprint density at radius 2 is 2.18 bits per heavy atom. The lowest BCUT2D eigenvalue weighted by atomic mass is 9.95. The summed E-state index contributed by atoms with van der Waals surface area (Å²) in [6.45, 7) is 6.40. The molecule has 5 nitrogen and oxygen atoms in total. The maximum Gasteiger partial charge on any atom is 0.226 e. The van der Waals surface area contributed by atoms with E-state index in [0.29, 0.717) is 19.5 Å². The molecule has 0 spiro atoms. The number of amides is 2. The second-order valence-corrected chi connectivity index (χ2v) is 4.97. The van der Waals surface area contributed by atoms with Crippen molar-refractivity contribution in [2.45, 2.75) is 45.8 Å². The maximum absolute atomic E-state index is 12.3. The molecule has 2 atom stereocenters. The quantitative estimate of drug-likeness (QED) is 0.736. The third kappa shape index (κ3) is 4.00. The summed E-state index contributed by atoms with van der Waals surface area (Å²) in [5, 5.41) is 12.1. The second kappa shape index (κ2) is 6.00. The molecule has 1 rings (SSSR count). The molecule has 98 valence electrons. The highest BCUT2D eigenvalue weighted by Crippen LogP contribution is 2.17. The van der Waals surface area contributed by atoms with E-state index < -0.39 is 6.10 Å². The third-order valence-electron chi connectivity index (χ3n) is 2.96. The summed E-state index contributed by atoms with van der Waals surface area (Å²) < 4.78 is 0. The van der Waals surface area contributed by atoms with Gasteiger partial charge in [0.2, 0.25) is 11.8 Å². The predicted molar refractivity (Wildman–Crippen MR) is 64.3 cm³/mol. The van der Waals surface area contributed by atoms with Crippen LogP contribution in [0.15, 0.2) is 0 Å². The van der Waals surface area contributed by atoms with E-state index in [1.54, 1.807) is 11.8 Å². The van der Waals surface area contributed by atoms with Gasteiger partial charge in [0.15, 0.2) is 0 Å². The molecule has 2 N–H and O–H groups in total. The first-order chi connectivity index (χ1) is 7.91. The standard InChI is InChI=1S/C12H22N2O3/c1-8(2)14(7-9(3)15)12(17)10-4-5-13-11(16)6-10/h8-10,15H,4-7H2,1-3H3,(H,13,16). The van der Waals surface area contributed by atoms with Gasteiger partial charge in [0, 0.05) is 31.5 Å². The first-order valence-electron chi connectivity index (χ1n) is 6.17. The molecule has 2 unspecified atom stereocenters. The first kappa shape index (κ1) is 14.0. The molecule has 0 bridgehead atoms. The van der Waals surface area contributed by atoms with E-state index in [9.17, 15) is 14.7 Å². The summed E-state index contributed by atoms with van der Waals surface area (Å²) in [6.07, 6.45) is 0.411. The molecule has 0 aromatic heterocycles. The summed E-state index contributed by atoms with van der Waals surface area (Å²) >= 11 is 0. The van der Waals surface area contributed by atoms with Crippen LogP contribution in [0.1, 0.15) is 33.6 Å². The van der Waals surface area contributed by atoms with Crippen molar-refractivity contribution in [3.8, 4) is 0 Å². The van der Waals surface area contributed by atoms with Crippen LogP contribution in [0, 0.1) is 5.92 Å². The van der Waals surface area contributed by atoms with Gasteiger partial charge < -0.3 is 15.3 Å². The van der Waals surface area contributed by atoms with Crippen LogP contribution in [0.25, 0.3) is 0 Å². The Morgan fingerprint density at radius 3 is 2.65 bits per heavy atom. The SMILES string of the molecule is CC(O)CN(C(=O)C1CCNC(=O)C1)C(C)C. The molecule has 1 saturated heterocycles. The van der Waals surface area contributed by atoms with Crippen molar-refractivity contribution in [1.29, 1.82) is 0 Å². The van der Waals surface area contributed by atoms with Gasteiger partial charge in [-0.25, -0.2) is 0 Å². The van der Waals surface area contributed by atoms with Crippen LogP contribution in [-0.2, 0) is 9.59 Å². The van der Waals surface area contributed by atoms with Crippen molar-refractivity contribution in [2.75, 3.05) is 13.1 Å². The van der Waals surface area contributed by atoms with Crippen molar-refractivity contribution < 1.29 is 14.7 Å². The van der Waals surface area contributed by atoms with E-state index in [2.05, 4.69) is 5.32 Å². The highest BCUT2D eigenvalue weighted by molar-refractivity contribution is 5.87. The van der Waals surface area contributed by atoms with Gasteiger partial charge in [-0.1, -0.05) is 0 Å². The monoisotopic (exact) mass is 242 g/mol. The number of nitrogens with zero attached hydrogens (tertiary/aromatic N) is 1. The molecule has 2 amide bonds. The van der Waals surface area contributed by atoms with Crippen LogP contribution in [-0.4, -0.2) is 47.1 Å². The molecule has 0 aromatic rings. The van der Waals surface area contributed by atoms with Crippen molar-refractivity contribution in [3.05, 3.63) is 0 Å². The Labute approximate surface area is 102 Å². The average Bonchev–Trinajstić information content (AvgIpc) is 2.24. The van der Waals surface area contributed by atoms with Crippen molar-refractivity contribution in [2.24, 2.45) is 5.92 Å². The van der Waals surface area contributed by atoms with Gasteiger partial charge in [-0.3, -0.25) is 9.59 Å². The zero-order chi connectivity index (χ0) is 13.0. The fraction of sp³-hybridized carbons (Fsp3) is 0.833. The van der Waals surface area contributed by atoms with Crippen LogP contribution in [0.2, 0.25) is 0 Å². The predicted octanol–water partition coefficient (Wildman–Crippen LogP) is 0.130. The third-order valence-corrected chi connectivity index (χ3v) is 2.96. The van der Waals surface area contributed by atoms with E-state index in [0.717, 1.165) is 0 Å². The molecule has 5 heteroatoms. The van der Waals surface area contributed by atoms with Crippen molar-refractivity contribution in [1.82, 2.24) is 10.2 Å². The average molecular weight is 242 g/mol. The Kier molecular flexibility index (Phi) is 4.93. The Balaban J connectivity index is 2.66. The normalized spacial score (nSPS) is 22.2. The fourth-order valence-corrected chi connectivity index (χ4v) is 2.07. The topological polar surface area (TPSA) is 69.6 Å². The zero-order valence-electron chi connectivity index (χ0n) is 10.8. The van der Waals surface area contributed by atoms with E-state index in [1.807, 2.05) is 13.8 Å². The fourth-order valence-electron chi connectivity index (χ4n) is 2.07. The largest absolute Gasteiger partial charge is 0.392 e. The number of piperidine rings is 1. The van der Waals surface area contributed by atoms with Crippen LogP contribution < -0.4 is 5.32 Å². The smallest absolute Gasteiger partial charge is 0.226 e. The van der Waals surface area contributed by atoms with E-state index in [-0.39, 0.29) is 30.2 Å². The molecule has 0 radical (unpaired) electrons.